The summed E-state index contributed by atoms with van der Waals surface area (Å²) in [5.41, 5.74) is 6.15. The van der Waals surface area contributed by atoms with Crippen LogP contribution in [0.15, 0.2) is 4.99 Å². The summed E-state index contributed by atoms with van der Waals surface area (Å²) in [6, 6.07) is 0.502. The predicted molar refractivity (Wildman–Crippen MR) is 73.0 cm³/mol. The maximum atomic E-state index is 6.15. The molecule has 2 aliphatic rings. The van der Waals surface area contributed by atoms with Gasteiger partial charge in [-0.2, -0.15) is 0 Å². The fourth-order valence-corrected chi connectivity index (χ4v) is 3.02. The second-order valence-corrected chi connectivity index (χ2v) is 6.02. The minimum Gasteiger partial charge on any atom is -0.370 e. The van der Waals surface area contributed by atoms with Gasteiger partial charge in [0, 0.05) is 13.1 Å². The zero-order valence-corrected chi connectivity index (χ0v) is 11.4. The van der Waals surface area contributed by atoms with E-state index in [1.807, 2.05) is 0 Å². The predicted octanol–water partition coefficient (Wildman–Crippen LogP) is 2.61. The third-order valence-electron chi connectivity index (χ3n) is 4.38. The Hall–Kier alpha value is -0.730. The number of rotatable bonds is 2. The summed E-state index contributed by atoms with van der Waals surface area (Å²) in [6.45, 7) is 6.83. The van der Waals surface area contributed by atoms with Crippen molar-refractivity contribution < 1.29 is 0 Å². The molecule has 0 radical (unpaired) electrons. The van der Waals surface area contributed by atoms with Crippen molar-refractivity contribution in [3.63, 3.8) is 0 Å². The van der Waals surface area contributed by atoms with Crippen molar-refractivity contribution in [2.45, 2.75) is 58.4 Å². The van der Waals surface area contributed by atoms with E-state index in [2.05, 4.69) is 18.7 Å². The molecule has 17 heavy (non-hydrogen) atoms. The highest BCUT2D eigenvalue weighted by Crippen LogP contribution is 2.24. The van der Waals surface area contributed by atoms with Crippen LogP contribution >= 0.6 is 0 Å². The van der Waals surface area contributed by atoms with E-state index >= 15 is 0 Å². The lowest BCUT2D eigenvalue weighted by Crippen LogP contribution is -2.37. The van der Waals surface area contributed by atoms with Crippen LogP contribution in [0.2, 0.25) is 0 Å². The first-order chi connectivity index (χ1) is 8.16. The lowest BCUT2D eigenvalue weighted by molar-refractivity contribution is 0.383. The largest absolute Gasteiger partial charge is 0.370 e. The van der Waals surface area contributed by atoms with Gasteiger partial charge in [0.05, 0.1) is 6.04 Å². The molecule has 3 nitrogen and oxygen atoms in total. The van der Waals surface area contributed by atoms with Gasteiger partial charge < -0.3 is 10.6 Å². The van der Waals surface area contributed by atoms with Crippen molar-refractivity contribution in [3.05, 3.63) is 0 Å². The van der Waals surface area contributed by atoms with Crippen molar-refractivity contribution in [1.82, 2.24) is 4.90 Å². The monoisotopic (exact) mass is 237 g/mol. The maximum absolute atomic E-state index is 6.15. The van der Waals surface area contributed by atoms with Crippen LogP contribution in [-0.4, -0.2) is 30.0 Å². The second kappa shape index (κ2) is 5.74. The summed E-state index contributed by atoms with van der Waals surface area (Å²) in [5, 5.41) is 0. The average molecular weight is 237 g/mol. The van der Waals surface area contributed by atoms with Crippen LogP contribution in [0.4, 0.5) is 0 Å². The summed E-state index contributed by atoms with van der Waals surface area (Å²) < 4.78 is 0. The number of guanidine groups is 1. The average Bonchev–Trinajstić information content (AvgIpc) is 2.79. The van der Waals surface area contributed by atoms with Gasteiger partial charge >= 0.3 is 0 Å². The molecule has 98 valence electrons. The first-order valence-corrected chi connectivity index (χ1v) is 7.25. The smallest absolute Gasteiger partial charge is 0.191 e. The van der Waals surface area contributed by atoms with E-state index in [0.29, 0.717) is 6.04 Å². The van der Waals surface area contributed by atoms with Crippen molar-refractivity contribution in [2.24, 2.45) is 22.6 Å². The normalized spacial score (nSPS) is 28.1. The van der Waals surface area contributed by atoms with Crippen LogP contribution in [-0.2, 0) is 0 Å². The zero-order valence-electron chi connectivity index (χ0n) is 11.4. The molecule has 1 unspecified atom stereocenters. The molecule has 1 aliphatic carbocycles. The summed E-state index contributed by atoms with van der Waals surface area (Å²) in [5.74, 6) is 2.37. The molecule has 2 fully saturated rings. The van der Waals surface area contributed by atoms with Crippen LogP contribution in [0.3, 0.4) is 0 Å². The van der Waals surface area contributed by atoms with Crippen molar-refractivity contribution >= 4 is 5.96 Å². The quantitative estimate of drug-likeness (QED) is 0.592. The molecule has 2 rings (SSSR count). The Kier molecular flexibility index (Phi) is 4.30. The van der Waals surface area contributed by atoms with Crippen molar-refractivity contribution in [2.75, 3.05) is 13.1 Å². The number of hydrogen-bond acceptors (Lipinski definition) is 1. The lowest BCUT2D eigenvalue weighted by atomic mass is 9.95. The van der Waals surface area contributed by atoms with Crippen LogP contribution < -0.4 is 5.73 Å². The van der Waals surface area contributed by atoms with Gasteiger partial charge in [-0.25, -0.2) is 4.99 Å². The van der Waals surface area contributed by atoms with E-state index in [1.165, 1.54) is 38.5 Å². The third-order valence-corrected chi connectivity index (χ3v) is 4.38. The van der Waals surface area contributed by atoms with Gasteiger partial charge in [0.25, 0.3) is 0 Å². The topological polar surface area (TPSA) is 41.6 Å². The number of nitrogens with two attached hydrogens (primary N) is 1. The van der Waals surface area contributed by atoms with E-state index in [9.17, 15) is 0 Å². The van der Waals surface area contributed by atoms with Crippen molar-refractivity contribution in [1.29, 1.82) is 0 Å². The lowest BCUT2D eigenvalue weighted by Gasteiger charge is -2.23. The van der Waals surface area contributed by atoms with Gasteiger partial charge in [0.15, 0.2) is 5.96 Å². The molecule has 3 heteroatoms. The van der Waals surface area contributed by atoms with E-state index in [0.717, 1.165) is 30.9 Å². The van der Waals surface area contributed by atoms with Gasteiger partial charge in [-0.1, -0.05) is 33.1 Å². The van der Waals surface area contributed by atoms with Gasteiger partial charge in [-0.15, -0.1) is 0 Å². The molecule has 0 amide bonds. The molecular formula is C14H27N3. The fourth-order valence-electron chi connectivity index (χ4n) is 3.02. The Labute approximate surface area is 105 Å². The van der Waals surface area contributed by atoms with E-state index in [4.69, 9.17) is 10.7 Å². The molecule has 1 saturated carbocycles. The Morgan fingerprint density at radius 2 is 1.88 bits per heavy atom. The molecule has 0 aromatic heterocycles. The molecule has 2 N–H and O–H groups in total. The highest BCUT2D eigenvalue weighted by atomic mass is 15.3. The molecule has 0 spiro atoms. The minimum atomic E-state index is 0.502. The van der Waals surface area contributed by atoms with E-state index in [-0.39, 0.29) is 0 Å². The zero-order chi connectivity index (χ0) is 12.3. The molecule has 1 aliphatic heterocycles. The van der Waals surface area contributed by atoms with Crippen LogP contribution in [0.5, 0.6) is 0 Å². The van der Waals surface area contributed by atoms with Crippen LogP contribution in [0.25, 0.3) is 0 Å². The SMILES string of the molecule is CC(C)C1CCN(C(N)=NC2CCCCC2)C1. The van der Waals surface area contributed by atoms with Gasteiger partial charge in [-0.3, -0.25) is 0 Å². The van der Waals surface area contributed by atoms with Crippen LogP contribution in [0.1, 0.15) is 52.4 Å². The first-order valence-electron chi connectivity index (χ1n) is 7.25. The molecule has 1 atom stereocenters. The number of nitrogens with zero attached hydrogens (tertiary/aromatic N) is 2. The molecule has 1 saturated heterocycles. The Morgan fingerprint density at radius 1 is 1.18 bits per heavy atom. The first kappa shape index (κ1) is 12.7. The molecule has 0 aromatic carbocycles. The Balaban J connectivity index is 1.87. The number of aliphatic imine (C=N–C) groups is 1. The highest BCUT2D eigenvalue weighted by molar-refractivity contribution is 5.78. The van der Waals surface area contributed by atoms with Gasteiger partial charge in [-0.05, 0) is 31.1 Å². The molecule has 0 aromatic rings. The number of hydrogen-bond donors (Lipinski definition) is 1. The number of likely N-dealkylation sites (tertiary alicyclic amines) is 1. The second-order valence-electron chi connectivity index (χ2n) is 6.02. The third kappa shape index (κ3) is 3.36. The summed E-state index contributed by atoms with van der Waals surface area (Å²) in [4.78, 5) is 7.02. The van der Waals surface area contributed by atoms with Gasteiger partial charge in [0.1, 0.15) is 0 Å². The fraction of sp³-hybridized carbons (Fsp3) is 0.929. The summed E-state index contributed by atoms with van der Waals surface area (Å²) >= 11 is 0. The van der Waals surface area contributed by atoms with Gasteiger partial charge in [0.2, 0.25) is 0 Å². The summed E-state index contributed by atoms with van der Waals surface area (Å²) in [6.07, 6.45) is 7.79. The molecular weight excluding hydrogens is 210 g/mol. The Bertz CT molecular complexity index is 267. The molecule has 0 bridgehead atoms. The highest BCUT2D eigenvalue weighted by Gasteiger charge is 2.26. The van der Waals surface area contributed by atoms with E-state index in [1.54, 1.807) is 0 Å². The standard InChI is InChI=1S/C14H27N3/c1-11(2)12-8-9-17(10-12)14(15)16-13-6-4-3-5-7-13/h11-13H,3-10H2,1-2H3,(H2,15,16). The Morgan fingerprint density at radius 3 is 2.47 bits per heavy atom. The summed E-state index contributed by atoms with van der Waals surface area (Å²) in [7, 11) is 0. The molecule has 1 heterocycles. The van der Waals surface area contributed by atoms with E-state index < -0.39 is 0 Å². The van der Waals surface area contributed by atoms with Crippen LogP contribution in [0, 0.1) is 11.8 Å². The van der Waals surface area contributed by atoms with Crippen molar-refractivity contribution in [3.8, 4) is 0 Å². The minimum absolute atomic E-state index is 0.502. The maximum Gasteiger partial charge on any atom is 0.191 e.